The van der Waals surface area contributed by atoms with Crippen molar-refractivity contribution in [2.75, 3.05) is 12.4 Å². The number of methoxy groups -OCH3 is 1. The molecule has 0 aliphatic carbocycles. The number of ether oxygens (including phenoxy) is 1. The van der Waals surface area contributed by atoms with Crippen LogP contribution >= 0.6 is 0 Å². The number of hydrogen-bond acceptors (Lipinski definition) is 5. The van der Waals surface area contributed by atoms with Crippen molar-refractivity contribution in [1.29, 1.82) is 0 Å². The molecule has 2 heterocycles. The van der Waals surface area contributed by atoms with Crippen LogP contribution < -0.4 is 5.32 Å². The van der Waals surface area contributed by atoms with E-state index in [2.05, 4.69) is 27.5 Å². The highest BCUT2D eigenvalue weighted by Crippen LogP contribution is 2.28. The van der Waals surface area contributed by atoms with Crippen LogP contribution in [0.2, 0.25) is 0 Å². The molecular weight excluding hydrogens is 378 g/mol. The SMILES string of the molecule is CCc1ccc(NC(=O)c2nnc3c(-c4ccccc4)c(COC)nn3c2C)cc1. The molecule has 0 radical (unpaired) electrons. The van der Waals surface area contributed by atoms with Crippen molar-refractivity contribution >= 4 is 17.2 Å². The van der Waals surface area contributed by atoms with Crippen LogP contribution in [0.5, 0.6) is 0 Å². The number of aromatic nitrogens is 4. The van der Waals surface area contributed by atoms with E-state index in [0.29, 0.717) is 23.6 Å². The quantitative estimate of drug-likeness (QED) is 0.527. The van der Waals surface area contributed by atoms with Crippen molar-refractivity contribution in [3.63, 3.8) is 0 Å². The molecule has 30 heavy (non-hydrogen) atoms. The first kappa shape index (κ1) is 19.7. The molecule has 0 spiro atoms. The van der Waals surface area contributed by atoms with Gasteiger partial charge in [-0.3, -0.25) is 4.79 Å². The summed E-state index contributed by atoms with van der Waals surface area (Å²) in [7, 11) is 1.63. The van der Waals surface area contributed by atoms with Gasteiger partial charge in [0.05, 0.1) is 23.6 Å². The van der Waals surface area contributed by atoms with E-state index < -0.39 is 0 Å². The summed E-state index contributed by atoms with van der Waals surface area (Å²) in [6, 6.07) is 17.6. The average Bonchev–Trinajstić information content (AvgIpc) is 3.14. The van der Waals surface area contributed by atoms with Crippen LogP contribution in [-0.2, 0) is 17.8 Å². The summed E-state index contributed by atoms with van der Waals surface area (Å²) in [6.45, 7) is 4.24. The largest absolute Gasteiger partial charge is 0.378 e. The van der Waals surface area contributed by atoms with Gasteiger partial charge in [0.2, 0.25) is 0 Å². The lowest BCUT2D eigenvalue weighted by atomic mass is 10.1. The van der Waals surface area contributed by atoms with Crippen molar-refractivity contribution in [3.8, 4) is 11.1 Å². The molecule has 7 heteroatoms. The van der Waals surface area contributed by atoms with Gasteiger partial charge >= 0.3 is 0 Å². The van der Waals surface area contributed by atoms with Gasteiger partial charge in [0.15, 0.2) is 11.3 Å². The molecule has 0 aliphatic rings. The molecule has 2 aromatic carbocycles. The predicted molar refractivity (Wildman–Crippen MR) is 115 cm³/mol. The third-order valence-corrected chi connectivity index (χ3v) is 5.02. The Morgan fingerprint density at radius 1 is 1.07 bits per heavy atom. The van der Waals surface area contributed by atoms with Gasteiger partial charge in [-0.05, 0) is 36.6 Å². The Labute approximate surface area is 174 Å². The zero-order valence-electron chi connectivity index (χ0n) is 17.2. The van der Waals surface area contributed by atoms with Gasteiger partial charge in [0, 0.05) is 12.8 Å². The Balaban J connectivity index is 1.74. The highest BCUT2D eigenvalue weighted by Gasteiger charge is 2.21. The zero-order chi connectivity index (χ0) is 21.1. The number of nitrogens with zero attached hydrogens (tertiary/aromatic N) is 4. The Morgan fingerprint density at radius 3 is 2.47 bits per heavy atom. The summed E-state index contributed by atoms with van der Waals surface area (Å²) in [5.74, 6) is -0.323. The second-order valence-electron chi connectivity index (χ2n) is 6.99. The van der Waals surface area contributed by atoms with E-state index >= 15 is 0 Å². The van der Waals surface area contributed by atoms with Gasteiger partial charge in [0.1, 0.15) is 0 Å². The van der Waals surface area contributed by atoms with Crippen LogP contribution in [0.15, 0.2) is 54.6 Å². The smallest absolute Gasteiger partial charge is 0.278 e. The molecule has 0 saturated carbocycles. The summed E-state index contributed by atoms with van der Waals surface area (Å²) in [5, 5.41) is 16.1. The second kappa shape index (κ2) is 8.42. The molecule has 4 aromatic rings. The third kappa shape index (κ3) is 3.67. The number of amides is 1. The van der Waals surface area contributed by atoms with Crippen molar-refractivity contribution in [3.05, 3.63) is 77.2 Å². The average molecular weight is 401 g/mol. The standard InChI is InChI=1S/C23H23N5O2/c1-4-16-10-12-18(13-11-16)24-23(29)21-15(2)28-22(26-25-21)20(19(27-28)14-30-3)17-8-6-5-7-9-17/h5-13H,4,14H2,1-3H3,(H,24,29). The van der Waals surface area contributed by atoms with Crippen molar-refractivity contribution in [1.82, 2.24) is 19.8 Å². The predicted octanol–water partition coefficient (Wildman–Crippen LogP) is 4.06. The number of nitrogens with one attached hydrogen (secondary N) is 1. The first-order valence-corrected chi connectivity index (χ1v) is 9.82. The van der Waals surface area contributed by atoms with Crippen LogP contribution in [0.4, 0.5) is 5.69 Å². The number of anilines is 1. The first-order valence-electron chi connectivity index (χ1n) is 9.82. The fraction of sp³-hybridized carbons (Fsp3) is 0.217. The number of aryl methyl sites for hydroxylation is 2. The van der Waals surface area contributed by atoms with E-state index in [4.69, 9.17) is 4.74 Å². The third-order valence-electron chi connectivity index (χ3n) is 5.02. The van der Waals surface area contributed by atoms with Gasteiger partial charge in [-0.1, -0.05) is 49.4 Å². The maximum Gasteiger partial charge on any atom is 0.278 e. The number of carbonyl (C=O) groups is 1. The van der Waals surface area contributed by atoms with E-state index in [1.807, 2.05) is 61.5 Å². The Bertz CT molecular complexity index is 1180. The molecule has 0 aliphatic heterocycles. The zero-order valence-corrected chi connectivity index (χ0v) is 17.2. The minimum atomic E-state index is -0.323. The lowest BCUT2D eigenvalue weighted by molar-refractivity contribution is 0.102. The second-order valence-corrected chi connectivity index (χ2v) is 6.99. The molecule has 0 bridgehead atoms. The van der Waals surface area contributed by atoms with Crippen molar-refractivity contribution in [2.45, 2.75) is 26.9 Å². The summed E-state index contributed by atoms with van der Waals surface area (Å²) in [5.41, 5.74) is 5.93. The summed E-state index contributed by atoms with van der Waals surface area (Å²) in [6.07, 6.45) is 0.947. The molecule has 1 amide bonds. The molecule has 2 aromatic heterocycles. The lowest BCUT2D eigenvalue weighted by Crippen LogP contribution is -2.18. The topological polar surface area (TPSA) is 81.4 Å². The highest BCUT2D eigenvalue weighted by molar-refractivity contribution is 6.03. The van der Waals surface area contributed by atoms with Crippen LogP contribution in [-0.4, -0.2) is 32.8 Å². The summed E-state index contributed by atoms with van der Waals surface area (Å²) >= 11 is 0. The number of fused-ring (bicyclic) bond motifs is 1. The summed E-state index contributed by atoms with van der Waals surface area (Å²) in [4.78, 5) is 12.8. The van der Waals surface area contributed by atoms with Crippen LogP contribution in [0.1, 0.15) is 34.4 Å². The first-order chi connectivity index (χ1) is 14.6. The van der Waals surface area contributed by atoms with Crippen LogP contribution in [0.25, 0.3) is 16.8 Å². The Kier molecular flexibility index (Phi) is 5.54. The molecule has 0 atom stereocenters. The Morgan fingerprint density at radius 2 is 1.80 bits per heavy atom. The van der Waals surface area contributed by atoms with Crippen LogP contribution in [0, 0.1) is 6.92 Å². The monoisotopic (exact) mass is 401 g/mol. The molecule has 0 fully saturated rings. The van der Waals surface area contributed by atoms with Crippen molar-refractivity contribution < 1.29 is 9.53 Å². The fourth-order valence-corrected chi connectivity index (χ4v) is 3.41. The van der Waals surface area contributed by atoms with Crippen LogP contribution in [0.3, 0.4) is 0 Å². The van der Waals surface area contributed by atoms with E-state index in [1.54, 1.807) is 11.6 Å². The molecule has 1 N–H and O–H groups in total. The summed E-state index contributed by atoms with van der Waals surface area (Å²) < 4.78 is 7.00. The lowest BCUT2D eigenvalue weighted by Gasteiger charge is -2.08. The van der Waals surface area contributed by atoms with Crippen molar-refractivity contribution in [2.24, 2.45) is 0 Å². The van der Waals surface area contributed by atoms with E-state index in [-0.39, 0.29) is 11.6 Å². The Hall–Kier alpha value is -3.58. The molecule has 0 saturated heterocycles. The van der Waals surface area contributed by atoms with Gasteiger partial charge < -0.3 is 10.1 Å². The van der Waals surface area contributed by atoms with Gasteiger partial charge in [-0.2, -0.15) is 5.10 Å². The van der Waals surface area contributed by atoms with E-state index in [1.165, 1.54) is 5.56 Å². The van der Waals surface area contributed by atoms with Gasteiger partial charge in [-0.25, -0.2) is 4.52 Å². The molecule has 0 unspecified atom stereocenters. The minimum Gasteiger partial charge on any atom is -0.378 e. The fourth-order valence-electron chi connectivity index (χ4n) is 3.41. The molecule has 152 valence electrons. The van der Waals surface area contributed by atoms with E-state index in [0.717, 1.165) is 23.2 Å². The molecule has 7 nitrogen and oxygen atoms in total. The number of hydrogen-bond donors (Lipinski definition) is 1. The number of rotatable bonds is 6. The van der Waals surface area contributed by atoms with E-state index in [9.17, 15) is 4.79 Å². The highest BCUT2D eigenvalue weighted by atomic mass is 16.5. The normalized spacial score (nSPS) is 11.0. The maximum atomic E-state index is 12.8. The number of benzene rings is 2. The maximum absolute atomic E-state index is 12.8. The van der Waals surface area contributed by atoms with Gasteiger partial charge in [0.25, 0.3) is 5.91 Å². The molecular formula is C23H23N5O2. The number of carbonyl (C=O) groups excluding carboxylic acids is 1. The molecule has 4 rings (SSSR count). The van der Waals surface area contributed by atoms with Gasteiger partial charge in [-0.15, -0.1) is 10.2 Å². The minimum absolute atomic E-state index is 0.230.